The predicted octanol–water partition coefficient (Wildman–Crippen LogP) is 4.76. The fraction of sp³-hybridized carbons (Fsp3) is 1.00. The van der Waals surface area contributed by atoms with Crippen molar-refractivity contribution in [3.63, 3.8) is 0 Å². The molecule has 1 aliphatic rings. The van der Waals surface area contributed by atoms with E-state index in [1.165, 1.54) is 94.5 Å². The normalized spacial score (nSPS) is 17.2. The number of rotatable bonds is 11. The van der Waals surface area contributed by atoms with E-state index >= 15 is 0 Å². The Morgan fingerprint density at radius 2 is 1.22 bits per heavy atom. The Morgan fingerprint density at radius 3 is 1.78 bits per heavy atom. The Morgan fingerprint density at radius 1 is 0.722 bits per heavy atom. The molecule has 0 aromatic carbocycles. The Kier molecular flexibility index (Phi) is 11.5. The molecule has 18 heavy (non-hydrogen) atoms. The van der Waals surface area contributed by atoms with Crippen molar-refractivity contribution in [2.45, 2.75) is 81.8 Å². The van der Waals surface area contributed by atoms with Gasteiger partial charge < -0.3 is 0 Å². The van der Waals surface area contributed by atoms with E-state index in [0.717, 1.165) is 15.0 Å². The van der Waals surface area contributed by atoms with Crippen LogP contribution in [0.1, 0.15) is 71.1 Å². The van der Waals surface area contributed by atoms with Crippen LogP contribution in [0.15, 0.2) is 0 Å². The van der Waals surface area contributed by atoms with E-state index in [4.69, 9.17) is 0 Å². The zero-order valence-corrected chi connectivity index (χ0v) is 14.2. The topological polar surface area (TPSA) is 3.24 Å². The molecule has 0 unspecified atom stereocenters. The summed E-state index contributed by atoms with van der Waals surface area (Å²) >= 11 is 0.980. The molecule has 1 aliphatic heterocycles. The van der Waals surface area contributed by atoms with E-state index < -0.39 is 0 Å². The van der Waals surface area contributed by atoms with Crippen molar-refractivity contribution in [2.24, 2.45) is 0 Å². The number of nitrogens with zero attached hydrogens (tertiary/aromatic N) is 1. The van der Waals surface area contributed by atoms with Crippen LogP contribution in [0.2, 0.25) is 10.6 Å². The van der Waals surface area contributed by atoms with Gasteiger partial charge in [0.15, 0.2) is 0 Å². The molecule has 0 N–H and O–H groups in total. The first-order valence-electron chi connectivity index (χ1n) is 8.23. The van der Waals surface area contributed by atoms with Gasteiger partial charge in [-0.15, -0.1) is 0 Å². The molecule has 0 amide bonds. The molecule has 0 aromatic heterocycles. The molecule has 0 aliphatic carbocycles. The molecule has 108 valence electrons. The summed E-state index contributed by atoms with van der Waals surface area (Å²) in [5.41, 5.74) is 0. The standard InChI is InChI=1S/C16H33NSe/c1-2-3-4-5-6-7-8-9-10-11-12-17-13-15-18-16-14-17/h2-16H2,1H3. The van der Waals surface area contributed by atoms with Crippen molar-refractivity contribution in [1.29, 1.82) is 0 Å². The van der Waals surface area contributed by atoms with Crippen LogP contribution < -0.4 is 0 Å². The van der Waals surface area contributed by atoms with Gasteiger partial charge in [0.1, 0.15) is 0 Å². The summed E-state index contributed by atoms with van der Waals surface area (Å²) in [6, 6.07) is 0. The summed E-state index contributed by atoms with van der Waals surface area (Å²) in [5, 5.41) is 3.01. The van der Waals surface area contributed by atoms with Gasteiger partial charge in [0.25, 0.3) is 0 Å². The third kappa shape index (κ3) is 9.41. The molecule has 1 heterocycles. The Labute approximate surface area is 121 Å². The van der Waals surface area contributed by atoms with Crippen LogP contribution in [0.3, 0.4) is 0 Å². The van der Waals surface area contributed by atoms with Crippen molar-refractivity contribution < 1.29 is 0 Å². The summed E-state index contributed by atoms with van der Waals surface area (Å²) in [5.74, 6) is 0. The molecule has 0 bridgehead atoms. The van der Waals surface area contributed by atoms with E-state index in [9.17, 15) is 0 Å². The molecule has 1 rings (SSSR count). The molecule has 0 saturated carbocycles. The average Bonchev–Trinajstić information content (AvgIpc) is 2.42. The van der Waals surface area contributed by atoms with Crippen LogP contribution in [0, 0.1) is 0 Å². The molecule has 1 saturated heterocycles. The van der Waals surface area contributed by atoms with Crippen molar-refractivity contribution in [3.05, 3.63) is 0 Å². The molecule has 0 radical (unpaired) electrons. The van der Waals surface area contributed by atoms with Crippen LogP contribution in [0.4, 0.5) is 0 Å². The number of unbranched alkanes of at least 4 members (excludes halogenated alkanes) is 9. The maximum absolute atomic E-state index is 2.69. The summed E-state index contributed by atoms with van der Waals surface area (Å²) in [4.78, 5) is 2.69. The van der Waals surface area contributed by atoms with Gasteiger partial charge >= 0.3 is 101 Å². The Bertz CT molecular complexity index is 166. The van der Waals surface area contributed by atoms with E-state index in [1.807, 2.05) is 0 Å². The van der Waals surface area contributed by atoms with Crippen LogP contribution in [-0.4, -0.2) is 39.5 Å². The molecular weight excluding hydrogens is 285 g/mol. The van der Waals surface area contributed by atoms with Gasteiger partial charge in [-0.25, -0.2) is 0 Å². The minimum absolute atomic E-state index is 0.980. The summed E-state index contributed by atoms with van der Waals surface area (Å²) in [7, 11) is 0. The van der Waals surface area contributed by atoms with Crippen LogP contribution >= 0.6 is 0 Å². The Balaban J connectivity index is 1.73. The number of hydrogen-bond donors (Lipinski definition) is 0. The molecule has 0 spiro atoms. The quantitative estimate of drug-likeness (QED) is 0.392. The van der Waals surface area contributed by atoms with Crippen LogP contribution in [-0.2, 0) is 0 Å². The van der Waals surface area contributed by atoms with Crippen LogP contribution in [0.25, 0.3) is 0 Å². The molecular formula is C16H33NSe. The third-order valence-electron chi connectivity index (χ3n) is 3.93. The summed E-state index contributed by atoms with van der Waals surface area (Å²) in [6.45, 7) is 6.48. The summed E-state index contributed by atoms with van der Waals surface area (Å²) in [6.07, 6.45) is 14.6. The Hall–Kier alpha value is 0.479. The minimum atomic E-state index is 0.980. The molecule has 0 atom stereocenters. The van der Waals surface area contributed by atoms with Gasteiger partial charge in [0, 0.05) is 0 Å². The van der Waals surface area contributed by atoms with Crippen molar-refractivity contribution in [2.75, 3.05) is 19.6 Å². The second-order valence-corrected chi connectivity index (χ2v) is 8.21. The molecule has 1 nitrogen and oxygen atoms in total. The fourth-order valence-corrected chi connectivity index (χ4v) is 4.70. The van der Waals surface area contributed by atoms with E-state index in [0.29, 0.717) is 0 Å². The van der Waals surface area contributed by atoms with Crippen molar-refractivity contribution >= 4 is 15.0 Å². The summed E-state index contributed by atoms with van der Waals surface area (Å²) < 4.78 is 0. The second kappa shape index (κ2) is 12.5. The van der Waals surface area contributed by atoms with E-state index in [-0.39, 0.29) is 0 Å². The van der Waals surface area contributed by atoms with E-state index in [2.05, 4.69) is 11.8 Å². The molecule has 1 fully saturated rings. The van der Waals surface area contributed by atoms with Gasteiger partial charge in [-0.05, 0) is 0 Å². The van der Waals surface area contributed by atoms with E-state index in [1.54, 1.807) is 0 Å². The first-order valence-corrected chi connectivity index (χ1v) is 10.7. The van der Waals surface area contributed by atoms with Gasteiger partial charge in [0.2, 0.25) is 0 Å². The zero-order chi connectivity index (χ0) is 12.9. The fourth-order valence-electron chi connectivity index (χ4n) is 2.65. The number of hydrogen-bond acceptors (Lipinski definition) is 1. The first kappa shape index (κ1) is 16.5. The third-order valence-corrected chi connectivity index (χ3v) is 5.91. The zero-order valence-electron chi connectivity index (χ0n) is 12.5. The maximum atomic E-state index is 2.69. The second-order valence-electron chi connectivity index (χ2n) is 5.64. The average molecular weight is 318 g/mol. The van der Waals surface area contributed by atoms with Gasteiger partial charge in [0.05, 0.1) is 0 Å². The van der Waals surface area contributed by atoms with Gasteiger partial charge in [-0.3, -0.25) is 0 Å². The monoisotopic (exact) mass is 319 g/mol. The van der Waals surface area contributed by atoms with Crippen LogP contribution in [0.5, 0.6) is 0 Å². The van der Waals surface area contributed by atoms with Gasteiger partial charge in [-0.2, -0.15) is 0 Å². The predicted molar refractivity (Wildman–Crippen MR) is 83.7 cm³/mol. The van der Waals surface area contributed by atoms with Crippen molar-refractivity contribution in [3.8, 4) is 0 Å². The molecule has 0 aromatic rings. The first-order chi connectivity index (χ1) is 8.93. The van der Waals surface area contributed by atoms with Crippen molar-refractivity contribution in [1.82, 2.24) is 4.90 Å². The van der Waals surface area contributed by atoms with Gasteiger partial charge in [-0.1, -0.05) is 19.8 Å². The molecule has 2 heteroatoms. The SMILES string of the molecule is CCCCCCCCCCCCN1CC[Se]CC1.